The monoisotopic (exact) mass is 311 g/mol. The molecule has 1 aromatic carbocycles. The number of piperidine rings is 1. The van der Waals surface area contributed by atoms with Crippen LogP contribution in [-0.2, 0) is 0 Å². The van der Waals surface area contributed by atoms with E-state index in [1.165, 1.54) is 12.1 Å². The average molecular weight is 312 g/mol. The second-order valence-electron chi connectivity index (χ2n) is 5.18. The molecule has 0 radical (unpaired) electrons. The fraction of sp³-hybridized carbons (Fsp3) is 0.500. The first kappa shape index (κ1) is 12.2. The second-order valence-corrected chi connectivity index (χ2v) is 6.47. The molecule has 0 saturated carbocycles. The minimum atomic E-state index is -0.344. The molecule has 4 heteroatoms. The van der Waals surface area contributed by atoms with Crippen LogP contribution in [0.15, 0.2) is 24.3 Å². The van der Waals surface area contributed by atoms with Gasteiger partial charge in [0.2, 0.25) is 0 Å². The minimum Gasteiger partial charge on any atom is -0.333 e. The highest BCUT2D eigenvalue weighted by Crippen LogP contribution is 2.39. The van der Waals surface area contributed by atoms with Crippen LogP contribution in [0, 0.1) is 5.82 Å². The smallest absolute Gasteiger partial charge is 0.254 e. The minimum absolute atomic E-state index is 0.0126. The van der Waals surface area contributed by atoms with Gasteiger partial charge in [0.15, 0.2) is 0 Å². The van der Waals surface area contributed by atoms with Crippen LogP contribution in [0.1, 0.15) is 36.0 Å². The zero-order valence-corrected chi connectivity index (χ0v) is 11.6. The van der Waals surface area contributed by atoms with Crippen molar-refractivity contribution in [2.45, 2.75) is 42.6 Å². The van der Waals surface area contributed by atoms with E-state index in [2.05, 4.69) is 15.9 Å². The Kier molecular flexibility index (Phi) is 3.14. The van der Waals surface area contributed by atoms with Gasteiger partial charge in [-0.25, -0.2) is 4.39 Å². The molecule has 0 aromatic heterocycles. The molecule has 2 saturated heterocycles. The molecule has 0 N–H and O–H groups in total. The molecule has 0 aliphatic carbocycles. The van der Waals surface area contributed by atoms with E-state index in [0.717, 1.165) is 25.7 Å². The highest BCUT2D eigenvalue weighted by Gasteiger charge is 2.42. The van der Waals surface area contributed by atoms with E-state index in [1.807, 2.05) is 4.90 Å². The topological polar surface area (TPSA) is 20.3 Å². The van der Waals surface area contributed by atoms with Gasteiger partial charge >= 0.3 is 0 Å². The largest absolute Gasteiger partial charge is 0.333 e. The number of halogens is 2. The van der Waals surface area contributed by atoms with Crippen LogP contribution >= 0.6 is 15.9 Å². The number of carbonyl (C=O) groups is 1. The number of hydrogen-bond acceptors (Lipinski definition) is 1. The number of alkyl halides is 1. The lowest BCUT2D eigenvalue weighted by Gasteiger charge is -2.37. The van der Waals surface area contributed by atoms with Crippen LogP contribution in [0.5, 0.6) is 0 Å². The molecule has 2 atom stereocenters. The second kappa shape index (κ2) is 4.65. The van der Waals surface area contributed by atoms with Gasteiger partial charge in [-0.3, -0.25) is 4.79 Å². The van der Waals surface area contributed by atoms with Crippen molar-refractivity contribution in [1.29, 1.82) is 0 Å². The Hall–Kier alpha value is -0.900. The number of amides is 1. The summed E-state index contributed by atoms with van der Waals surface area (Å²) in [5.74, 6) is -0.357. The van der Waals surface area contributed by atoms with Gasteiger partial charge in [-0.2, -0.15) is 0 Å². The Morgan fingerprint density at radius 1 is 1.28 bits per heavy atom. The normalized spacial score (nSPS) is 30.6. The molecule has 2 nitrogen and oxygen atoms in total. The number of benzene rings is 1. The molecule has 2 bridgehead atoms. The fourth-order valence-electron chi connectivity index (χ4n) is 3.21. The van der Waals surface area contributed by atoms with Crippen molar-refractivity contribution < 1.29 is 9.18 Å². The number of fused-ring (bicyclic) bond motifs is 2. The van der Waals surface area contributed by atoms with E-state index in [9.17, 15) is 9.18 Å². The van der Waals surface area contributed by atoms with Crippen molar-refractivity contribution in [2.75, 3.05) is 0 Å². The van der Waals surface area contributed by atoms with E-state index in [4.69, 9.17) is 0 Å². The Balaban J connectivity index is 1.85. The third-order valence-electron chi connectivity index (χ3n) is 3.98. The van der Waals surface area contributed by atoms with Crippen LogP contribution in [0.4, 0.5) is 4.39 Å². The summed E-state index contributed by atoms with van der Waals surface area (Å²) < 4.78 is 13.2. The van der Waals surface area contributed by atoms with E-state index in [-0.39, 0.29) is 11.7 Å². The van der Waals surface area contributed by atoms with Crippen LogP contribution in [0.25, 0.3) is 0 Å². The van der Waals surface area contributed by atoms with Crippen molar-refractivity contribution in [3.05, 3.63) is 35.6 Å². The number of carbonyl (C=O) groups excluding carboxylic acids is 1. The molecule has 2 heterocycles. The molecule has 2 aliphatic rings. The maximum absolute atomic E-state index is 13.2. The van der Waals surface area contributed by atoms with Gasteiger partial charge in [-0.05, 0) is 43.9 Å². The van der Waals surface area contributed by atoms with Crippen molar-refractivity contribution in [3.8, 4) is 0 Å². The SMILES string of the molecule is O=C(c1cccc(F)c1)N1C2CCC1CC(Br)C2. The highest BCUT2D eigenvalue weighted by atomic mass is 79.9. The Labute approximate surface area is 114 Å². The van der Waals surface area contributed by atoms with Crippen molar-refractivity contribution in [2.24, 2.45) is 0 Å². The first-order chi connectivity index (χ1) is 8.65. The van der Waals surface area contributed by atoms with Crippen LogP contribution in [0.2, 0.25) is 0 Å². The standard InChI is InChI=1S/C14H15BrFNO/c15-10-7-12-4-5-13(8-10)17(12)14(18)9-2-1-3-11(16)6-9/h1-3,6,10,12-13H,4-5,7-8H2. The third-order valence-corrected chi connectivity index (χ3v) is 4.73. The molecular weight excluding hydrogens is 297 g/mol. The number of hydrogen-bond donors (Lipinski definition) is 0. The summed E-state index contributed by atoms with van der Waals surface area (Å²) in [6, 6.07) is 6.65. The maximum Gasteiger partial charge on any atom is 0.254 e. The van der Waals surface area contributed by atoms with Crippen LogP contribution < -0.4 is 0 Å². The molecule has 2 fully saturated rings. The van der Waals surface area contributed by atoms with E-state index < -0.39 is 0 Å². The van der Waals surface area contributed by atoms with Gasteiger partial charge in [0, 0.05) is 22.5 Å². The predicted molar refractivity (Wildman–Crippen MR) is 71.3 cm³/mol. The van der Waals surface area contributed by atoms with Gasteiger partial charge in [-0.15, -0.1) is 0 Å². The quantitative estimate of drug-likeness (QED) is 0.728. The summed E-state index contributed by atoms with van der Waals surface area (Å²) in [4.78, 5) is 15.0. The maximum atomic E-state index is 13.2. The first-order valence-corrected chi connectivity index (χ1v) is 7.29. The molecule has 2 aliphatic heterocycles. The molecule has 0 spiro atoms. The summed E-state index contributed by atoms with van der Waals surface area (Å²) in [6.45, 7) is 0. The van der Waals surface area contributed by atoms with Gasteiger partial charge in [0.25, 0.3) is 5.91 Å². The fourth-order valence-corrected chi connectivity index (χ4v) is 4.08. The molecule has 2 unspecified atom stereocenters. The lowest BCUT2D eigenvalue weighted by molar-refractivity contribution is 0.0603. The lowest BCUT2D eigenvalue weighted by atomic mass is 10.0. The predicted octanol–water partition coefficient (Wildman–Crippen LogP) is 3.36. The van der Waals surface area contributed by atoms with Crippen molar-refractivity contribution in [3.63, 3.8) is 0 Å². The zero-order valence-electron chi connectivity index (χ0n) is 9.98. The van der Waals surface area contributed by atoms with Crippen molar-refractivity contribution >= 4 is 21.8 Å². The summed E-state index contributed by atoms with van der Waals surface area (Å²) in [5.41, 5.74) is 0.472. The first-order valence-electron chi connectivity index (χ1n) is 6.37. The molecule has 1 amide bonds. The molecule has 3 rings (SSSR count). The van der Waals surface area contributed by atoms with Crippen LogP contribution in [-0.4, -0.2) is 27.7 Å². The molecular formula is C14H15BrFNO. The summed E-state index contributed by atoms with van der Waals surface area (Å²) in [7, 11) is 0. The summed E-state index contributed by atoms with van der Waals surface area (Å²) in [6.07, 6.45) is 4.18. The highest BCUT2D eigenvalue weighted by molar-refractivity contribution is 9.09. The van der Waals surface area contributed by atoms with Gasteiger partial charge in [0.1, 0.15) is 5.82 Å². The van der Waals surface area contributed by atoms with Crippen LogP contribution in [0.3, 0.4) is 0 Å². The molecule has 18 heavy (non-hydrogen) atoms. The molecule has 96 valence electrons. The van der Waals surface area contributed by atoms with Gasteiger partial charge in [0.05, 0.1) is 0 Å². The summed E-state index contributed by atoms with van der Waals surface area (Å²) >= 11 is 3.66. The molecule has 1 aromatic rings. The Bertz CT molecular complexity index is 465. The Morgan fingerprint density at radius 3 is 2.56 bits per heavy atom. The zero-order chi connectivity index (χ0) is 12.7. The Morgan fingerprint density at radius 2 is 1.94 bits per heavy atom. The van der Waals surface area contributed by atoms with E-state index >= 15 is 0 Å². The summed E-state index contributed by atoms with van der Waals surface area (Å²) in [5, 5.41) is 0. The van der Waals surface area contributed by atoms with Crippen molar-refractivity contribution in [1.82, 2.24) is 4.90 Å². The average Bonchev–Trinajstić information content (AvgIpc) is 2.61. The number of nitrogens with zero attached hydrogens (tertiary/aromatic N) is 1. The number of rotatable bonds is 1. The third kappa shape index (κ3) is 2.07. The van der Waals surface area contributed by atoms with E-state index in [1.54, 1.807) is 12.1 Å². The van der Waals surface area contributed by atoms with E-state index in [0.29, 0.717) is 22.5 Å². The van der Waals surface area contributed by atoms with Gasteiger partial charge in [-0.1, -0.05) is 22.0 Å². The lowest BCUT2D eigenvalue weighted by Crippen LogP contribution is -2.46. The van der Waals surface area contributed by atoms with Gasteiger partial charge < -0.3 is 4.90 Å².